The average Bonchev–Trinajstić information content (AvgIpc) is 2.23. The normalized spacial score (nSPS) is 23.6. The van der Waals surface area contributed by atoms with Crippen LogP contribution in [0.1, 0.15) is 30.1 Å². The highest BCUT2D eigenvalue weighted by molar-refractivity contribution is 5.94. The van der Waals surface area contributed by atoms with Gasteiger partial charge >= 0.3 is 0 Å². The molecule has 86 valence electrons. The lowest BCUT2D eigenvalue weighted by atomic mass is 9.81. The van der Waals surface area contributed by atoms with Crippen LogP contribution in [0.2, 0.25) is 0 Å². The average molecular weight is 218 g/mol. The second kappa shape index (κ2) is 4.66. The van der Waals surface area contributed by atoms with Crippen LogP contribution in [0.25, 0.3) is 0 Å². The number of hydrogen-bond donors (Lipinski definition) is 2. The Labute approximate surface area is 96.0 Å². The summed E-state index contributed by atoms with van der Waals surface area (Å²) in [7, 11) is 0. The summed E-state index contributed by atoms with van der Waals surface area (Å²) in [5.74, 6) is 0.819. The molecule has 1 fully saturated rings. The Morgan fingerprint density at radius 3 is 2.50 bits per heavy atom. The van der Waals surface area contributed by atoms with Gasteiger partial charge in [0.25, 0.3) is 0 Å². The van der Waals surface area contributed by atoms with Gasteiger partial charge in [-0.05, 0) is 49.9 Å². The summed E-state index contributed by atoms with van der Waals surface area (Å²) < 4.78 is 0. The van der Waals surface area contributed by atoms with Crippen LogP contribution in [0.3, 0.4) is 0 Å². The number of rotatable bonds is 4. The highest BCUT2D eigenvalue weighted by Gasteiger charge is 2.25. The lowest BCUT2D eigenvalue weighted by Gasteiger charge is -2.32. The first kappa shape index (κ1) is 11.1. The van der Waals surface area contributed by atoms with E-state index in [1.54, 1.807) is 6.92 Å². The zero-order valence-electron chi connectivity index (χ0n) is 9.57. The molecule has 0 aromatic heterocycles. The number of carbonyl (C=O) groups excluding carboxylic acids is 1. The molecule has 1 aliphatic rings. The molecule has 0 aliphatic heterocycles. The molecule has 3 N–H and O–H groups in total. The Balaban J connectivity index is 1.83. The molecular weight excluding hydrogens is 200 g/mol. The number of ketones is 1. The third-order valence-corrected chi connectivity index (χ3v) is 3.16. The first-order chi connectivity index (χ1) is 7.65. The lowest BCUT2D eigenvalue weighted by molar-refractivity contribution is 0.101. The van der Waals surface area contributed by atoms with Gasteiger partial charge in [-0.1, -0.05) is 0 Å². The number of hydrogen-bond acceptors (Lipinski definition) is 3. The van der Waals surface area contributed by atoms with Crippen LogP contribution < -0.4 is 11.1 Å². The molecule has 0 amide bonds. The second-order valence-corrected chi connectivity index (χ2v) is 4.61. The fourth-order valence-electron chi connectivity index (χ4n) is 2.04. The number of Topliss-reactive ketones (excluding diaryl/α,β-unsaturated/α-hetero) is 1. The van der Waals surface area contributed by atoms with E-state index in [0.717, 1.165) is 30.6 Å². The maximum absolute atomic E-state index is 11.1. The van der Waals surface area contributed by atoms with Crippen molar-refractivity contribution in [3.8, 4) is 0 Å². The molecule has 0 saturated heterocycles. The molecule has 0 atom stereocenters. The Bertz CT molecular complexity index is 366. The van der Waals surface area contributed by atoms with Crippen molar-refractivity contribution < 1.29 is 4.79 Å². The molecule has 0 heterocycles. The minimum Gasteiger partial charge on any atom is -0.385 e. The van der Waals surface area contributed by atoms with E-state index in [1.165, 1.54) is 0 Å². The Morgan fingerprint density at radius 1 is 1.38 bits per heavy atom. The van der Waals surface area contributed by atoms with Crippen molar-refractivity contribution in [2.24, 2.45) is 11.7 Å². The van der Waals surface area contributed by atoms with Crippen molar-refractivity contribution in [1.82, 2.24) is 0 Å². The van der Waals surface area contributed by atoms with Crippen LogP contribution in [0.15, 0.2) is 24.3 Å². The van der Waals surface area contributed by atoms with E-state index in [9.17, 15) is 4.79 Å². The predicted molar refractivity (Wildman–Crippen MR) is 65.6 cm³/mol. The van der Waals surface area contributed by atoms with Crippen molar-refractivity contribution in [3.63, 3.8) is 0 Å². The standard InChI is InChI=1S/C13H18N2O/c1-9(16)11-2-4-13(5-3-11)15-8-10-6-12(14)7-10/h2-5,10,12,15H,6-8,14H2,1H3. The summed E-state index contributed by atoms with van der Waals surface area (Å²) in [6.07, 6.45) is 2.25. The number of benzene rings is 1. The van der Waals surface area contributed by atoms with Gasteiger partial charge in [-0.2, -0.15) is 0 Å². The van der Waals surface area contributed by atoms with Gasteiger partial charge in [0, 0.05) is 23.8 Å². The predicted octanol–water partition coefficient (Wildman–Crippen LogP) is 2.04. The largest absolute Gasteiger partial charge is 0.385 e. The van der Waals surface area contributed by atoms with Gasteiger partial charge in [-0.3, -0.25) is 4.79 Å². The molecule has 16 heavy (non-hydrogen) atoms. The molecule has 0 radical (unpaired) electrons. The van der Waals surface area contributed by atoms with Crippen molar-refractivity contribution in [1.29, 1.82) is 0 Å². The van der Waals surface area contributed by atoms with Crippen LogP contribution in [-0.4, -0.2) is 18.4 Å². The van der Waals surface area contributed by atoms with Crippen molar-refractivity contribution in [3.05, 3.63) is 29.8 Å². The van der Waals surface area contributed by atoms with Crippen molar-refractivity contribution >= 4 is 11.5 Å². The van der Waals surface area contributed by atoms with Crippen LogP contribution >= 0.6 is 0 Å². The maximum Gasteiger partial charge on any atom is 0.159 e. The van der Waals surface area contributed by atoms with Gasteiger partial charge in [0.1, 0.15) is 0 Å². The van der Waals surface area contributed by atoms with Crippen molar-refractivity contribution in [2.75, 3.05) is 11.9 Å². The summed E-state index contributed by atoms with van der Waals surface area (Å²) in [4.78, 5) is 11.1. The smallest absolute Gasteiger partial charge is 0.159 e. The van der Waals surface area contributed by atoms with Crippen molar-refractivity contribution in [2.45, 2.75) is 25.8 Å². The monoisotopic (exact) mass is 218 g/mol. The van der Waals surface area contributed by atoms with E-state index >= 15 is 0 Å². The summed E-state index contributed by atoms with van der Waals surface area (Å²) in [6.45, 7) is 2.56. The van der Waals surface area contributed by atoms with Crippen LogP contribution in [0.4, 0.5) is 5.69 Å². The minimum absolute atomic E-state index is 0.108. The minimum atomic E-state index is 0.108. The summed E-state index contributed by atoms with van der Waals surface area (Å²) in [5, 5.41) is 3.37. The number of nitrogens with two attached hydrogens (primary N) is 1. The Morgan fingerprint density at radius 2 is 2.00 bits per heavy atom. The molecule has 3 nitrogen and oxygen atoms in total. The van der Waals surface area contributed by atoms with Gasteiger partial charge in [0.2, 0.25) is 0 Å². The summed E-state index contributed by atoms with van der Waals surface area (Å²) >= 11 is 0. The molecule has 1 aromatic carbocycles. The third kappa shape index (κ3) is 2.61. The highest BCUT2D eigenvalue weighted by Crippen LogP contribution is 2.25. The molecule has 0 spiro atoms. The van der Waals surface area contributed by atoms with Gasteiger partial charge in [0.05, 0.1) is 0 Å². The van der Waals surface area contributed by atoms with E-state index in [4.69, 9.17) is 5.73 Å². The molecule has 1 saturated carbocycles. The zero-order chi connectivity index (χ0) is 11.5. The fourth-order valence-corrected chi connectivity index (χ4v) is 2.04. The van der Waals surface area contributed by atoms with Crippen LogP contribution in [-0.2, 0) is 0 Å². The topological polar surface area (TPSA) is 55.1 Å². The van der Waals surface area contributed by atoms with E-state index < -0.39 is 0 Å². The molecule has 1 aliphatic carbocycles. The van der Waals surface area contributed by atoms with Gasteiger partial charge in [-0.15, -0.1) is 0 Å². The van der Waals surface area contributed by atoms with Gasteiger partial charge in [0.15, 0.2) is 5.78 Å². The molecule has 3 heteroatoms. The van der Waals surface area contributed by atoms with E-state index in [2.05, 4.69) is 5.32 Å². The molecule has 2 rings (SSSR count). The zero-order valence-corrected chi connectivity index (χ0v) is 9.57. The number of carbonyl (C=O) groups is 1. The highest BCUT2D eigenvalue weighted by atomic mass is 16.1. The maximum atomic E-state index is 11.1. The third-order valence-electron chi connectivity index (χ3n) is 3.16. The van der Waals surface area contributed by atoms with E-state index in [-0.39, 0.29) is 5.78 Å². The Kier molecular flexibility index (Phi) is 3.25. The number of nitrogens with one attached hydrogen (secondary N) is 1. The molecule has 1 aromatic rings. The number of anilines is 1. The Hall–Kier alpha value is -1.35. The van der Waals surface area contributed by atoms with Crippen LogP contribution in [0, 0.1) is 5.92 Å². The fraction of sp³-hybridized carbons (Fsp3) is 0.462. The summed E-state index contributed by atoms with van der Waals surface area (Å²) in [6, 6.07) is 8.03. The molecule has 0 unspecified atom stereocenters. The second-order valence-electron chi connectivity index (χ2n) is 4.61. The van der Waals surface area contributed by atoms with E-state index in [0.29, 0.717) is 12.0 Å². The SMILES string of the molecule is CC(=O)c1ccc(NCC2CC(N)C2)cc1. The molecule has 0 bridgehead atoms. The quantitative estimate of drug-likeness (QED) is 0.760. The lowest BCUT2D eigenvalue weighted by Crippen LogP contribution is -2.39. The molecular formula is C13H18N2O. The first-order valence-corrected chi connectivity index (χ1v) is 5.75. The van der Waals surface area contributed by atoms with Crippen LogP contribution in [0.5, 0.6) is 0 Å². The van der Waals surface area contributed by atoms with E-state index in [1.807, 2.05) is 24.3 Å². The van der Waals surface area contributed by atoms with Gasteiger partial charge < -0.3 is 11.1 Å². The van der Waals surface area contributed by atoms with Gasteiger partial charge in [-0.25, -0.2) is 0 Å². The first-order valence-electron chi connectivity index (χ1n) is 5.75. The summed E-state index contributed by atoms with van der Waals surface area (Å²) in [5.41, 5.74) is 7.56.